The summed E-state index contributed by atoms with van der Waals surface area (Å²) >= 11 is 0. The van der Waals surface area contributed by atoms with Gasteiger partial charge in [0.15, 0.2) is 11.5 Å². The van der Waals surface area contributed by atoms with Gasteiger partial charge in [0.05, 0.1) is 38.7 Å². The molecule has 1 saturated heterocycles. The number of benzene rings is 1. The Bertz CT molecular complexity index is 790. The number of carbonyl (C=O) groups is 1. The SMILES string of the molecule is CCCOc1ccc(C(=O)N2CCOC(Cn3cc(C)cn3)C2)cc1OCC. The maximum absolute atomic E-state index is 13.0. The molecule has 1 fully saturated rings. The van der Waals surface area contributed by atoms with Crippen LogP contribution in [0, 0.1) is 6.92 Å². The number of nitrogens with zero attached hydrogens (tertiary/aromatic N) is 3. The van der Waals surface area contributed by atoms with E-state index in [1.165, 1.54) is 0 Å². The van der Waals surface area contributed by atoms with Crippen molar-refractivity contribution in [2.45, 2.75) is 39.8 Å². The Labute approximate surface area is 166 Å². The lowest BCUT2D eigenvalue weighted by atomic mass is 10.1. The van der Waals surface area contributed by atoms with Gasteiger partial charge in [-0.3, -0.25) is 9.48 Å². The fourth-order valence-electron chi connectivity index (χ4n) is 3.21. The monoisotopic (exact) mass is 387 g/mol. The highest BCUT2D eigenvalue weighted by atomic mass is 16.5. The van der Waals surface area contributed by atoms with Crippen LogP contribution in [0.5, 0.6) is 11.5 Å². The molecular formula is C21H29N3O4. The van der Waals surface area contributed by atoms with Crippen LogP contribution in [-0.4, -0.2) is 59.6 Å². The third kappa shape index (κ3) is 5.04. The van der Waals surface area contributed by atoms with Crippen molar-refractivity contribution < 1.29 is 19.0 Å². The molecule has 0 bridgehead atoms. The standard InChI is InChI=1S/C21H29N3O4/c1-4-9-28-19-7-6-17(11-20(19)26-5-2)21(25)23-8-10-27-18(14-23)15-24-13-16(3)12-22-24/h6-7,11-13,18H,4-5,8-10,14-15H2,1-3H3. The number of aryl methyl sites for hydroxylation is 1. The molecule has 1 aromatic heterocycles. The van der Waals surface area contributed by atoms with Gasteiger partial charge in [0.1, 0.15) is 0 Å². The molecule has 7 nitrogen and oxygen atoms in total. The van der Waals surface area contributed by atoms with Crippen LogP contribution in [0.3, 0.4) is 0 Å². The summed E-state index contributed by atoms with van der Waals surface area (Å²) in [7, 11) is 0. The minimum atomic E-state index is -0.0736. The Balaban J connectivity index is 1.68. The van der Waals surface area contributed by atoms with Crippen molar-refractivity contribution >= 4 is 5.91 Å². The van der Waals surface area contributed by atoms with Crippen molar-refractivity contribution in [1.29, 1.82) is 0 Å². The Morgan fingerprint density at radius 1 is 1.29 bits per heavy atom. The zero-order chi connectivity index (χ0) is 19.9. The molecule has 0 N–H and O–H groups in total. The highest BCUT2D eigenvalue weighted by molar-refractivity contribution is 5.95. The molecular weight excluding hydrogens is 358 g/mol. The van der Waals surface area contributed by atoms with Gasteiger partial charge in [-0.25, -0.2) is 0 Å². The zero-order valence-electron chi connectivity index (χ0n) is 16.9. The average Bonchev–Trinajstić information content (AvgIpc) is 3.11. The molecule has 1 aliphatic rings. The number of ether oxygens (including phenoxy) is 3. The van der Waals surface area contributed by atoms with Gasteiger partial charge >= 0.3 is 0 Å². The molecule has 3 rings (SSSR count). The Kier molecular flexibility index (Phi) is 6.92. The summed E-state index contributed by atoms with van der Waals surface area (Å²) < 4.78 is 19.1. The fraction of sp³-hybridized carbons (Fsp3) is 0.524. The molecule has 1 atom stereocenters. The summed E-state index contributed by atoms with van der Waals surface area (Å²) in [6.45, 7) is 9.37. The second-order valence-electron chi connectivity index (χ2n) is 6.93. The van der Waals surface area contributed by atoms with Crippen molar-refractivity contribution in [2.75, 3.05) is 32.9 Å². The predicted molar refractivity (Wildman–Crippen MR) is 106 cm³/mol. The summed E-state index contributed by atoms with van der Waals surface area (Å²) in [5.74, 6) is 1.26. The van der Waals surface area contributed by atoms with Crippen LogP contribution in [0.2, 0.25) is 0 Å². The van der Waals surface area contributed by atoms with Crippen LogP contribution >= 0.6 is 0 Å². The molecule has 0 saturated carbocycles. The molecule has 2 aromatic rings. The maximum Gasteiger partial charge on any atom is 0.254 e. The Morgan fingerprint density at radius 3 is 2.86 bits per heavy atom. The number of rotatable bonds is 8. The Hall–Kier alpha value is -2.54. The summed E-state index contributed by atoms with van der Waals surface area (Å²) in [5.41, 5.74) is 1.71. The molecule has 152 valence electrons. The molecule has 2 heterocycles. The van der Waals surface area contributed by atoms with E-state index in [0.29, 0.717) is 56.5 Å². The van der Waals surface area contributed by atoms with E-state index in [1.54, 1.807) is 12.1 Å². The zero-order valence-corrected chi connectivity index (χ0v) is 16.9. The Morgan fingerprint density at radius 2 is 2.14 bits per heavy atom. The third-order valence-electron chi connectivity index (χ3n) is 4.53. The van der Waals surface area contributed by atoms with Gasteiger partial charge in [0, 0.05) is 24.8 Å². The highest BCUT2D eigenvalue weighted by Crippen LogP contribution is 2.29. The van der Waals surface area contributed by atoms with Crippen LogP contribution in [0.4, 0.5) is 0 Å². The van der Waals surface area contributed by atoms with Gasteiger partial charge in [0.2, 0.25) is 0 Å². The topological polar surface area (TPSA) is 65.8 Å². The first-order valence-corrected chi connectivity index (χ1v) is 9.90. The molecule has 28 heavy (non-hydrogen) atoms. The molecule has 7 heteroatoms. The van der Waals surface area contributed by atoms with Crippen LogP contribution in [0.1, 0.15) is 36.2 Å². The molecule has 1 amide bonds. The molecule has 0 aliphatic carbocycles. The summed E-state index contributed by atoms with van der Waals surface area (Å²) in [4.78, 5) is 14.9. The summed E-state index contributed by atoms with van der Waals surface area (Å²) in [6.07, 6.45) is 4.64. The van der Waals surface area contributed by atoms with E-state index in [-0.39, 0.29) is 12.0 Å². The van der Waals surface area contributed by atoms with Crippen molar-refractivity contribution in [1.82, 2.24) is 14.7 Å². The lowest BCUT2D eigenvalue weighted by molar-refractivity contribution is -0.0300. The smallest absolute Gasteiger partial charge is 0.254 e. The lowest BCUT2D eigenvalue weighted by Crippen LogP contribution is -2.47. The van der Waals surface area contributed by atoms with Gasteiger partial charge in [-0.1, -0.05) is 6.92 Å². The number of morpholine rings is 1. The van der Waals surface area contributed by atoms with Crippen LogP contribution < -0.4 is 9.47 Å². The third-order valence-corrected chi connectivity index (χ3v) is 4.53. The first-order valence-electron chi connectivity index (χ1n) is 9.90. The van der Waals surface area contributed by atoms with Gasteiger partial charge in [0.25, 0.3) is 5.91 Å². The molecule has 0 spiro atoms. The first-order chi connectivity index (χ1) is 13.6. The van der Waals surface area contributed by atoms with Gasteiger partial charge in [-0.2, -0.15) is 5.10 Å². The van der Waals surface area contributed by atoms with Crippen LogP contribution in [0.25, 0.3) is 0 Å². The van der Waals surface area contributed by atoms with Gasteiger partial charge < -0.3 is 19.1 Å². The number of hydrogen-bond acceptors (Lipinski definition) is 5. The second kappa shape index (κ2) is 9.59. The van der Waals surface area contributed by atoms with E-state index in [9.17, 15) is 4.79 Å². The van der Waals surface area contributed by atoms with Gasteiger partial charge in [-0.05, 0) is 44.0 Å². The van der Waals surface area contributed by atoms with E-state index in [2.05, 4.69) is 12.0 Å². The lowest BCUT2D eigenvalue weighted by Gasteiger charge is -2.33. The van der Waals surface area contributed by atoms with Crippen molar-refractivity contribution in [3.05, 3.63) is 41.7 Å². The second-order valence-corrected chi connectivity index (χ2v) is 6.93. The molecule has 1 unspecified atom stereocenters. The molecule has 0 radical (unpaired) electrons. The van der Waals surface area contributed by atoms with E-state index in [0.717, 1.165) is 12.0 Å². The molecule has 1 aromatic carbocycles. The normalized spacial score (nSPS) is 16.8. The fourth-order valence-corrected chi connectivity index (χ4v) is 3.21. The maximum atomic E-state index is 13.0. The van der Waals surface area contributed by atoms with Crippen molar-refractivity contribution in [3.8, 4) is 11.5 Å². The average molecular weight is 387 g/mol. The minimum absolute atomic E-state index is 0.0204. The minimum Gasteiger partial charge on any atom is -0.490 e. The number of aromatic nitrogens is 2. The summed E-state index contributed by atoms with van der Waals surface area (Å²) in [5, 5.41) is 4.31. The van der Waals surface area contributed by atoms with Crippen LogP contribution in [-0.2, 0) is 11.3 Å². The van der Waals surface area contributed by atoms with Crippen LogP contribution in [0.15, 0.2) is 30.6 Å². The first kappa shape index (κ1) is 20.2. The van der Waals surface area contributed by atoms with E-state index < -0.39 is 0 Å². The summed E-state index contributed by atoms with van der Waals surface area (Å²) in [6, 6.07) is 5.40. The number of hydrogen-bond donors (Lipinski definition) is 0. The highest BCUT2D eigenvalue weighted by Gasteiger charge is 2.26. The number of amides is 1. The largest absolute Gasteiger partial charge is 0.490 e. The van der Waals surface area contributed by atoms with Crippen molar-refractivity contribution in [2.24, 2.45) is 0 Å². The molecule has 1 aliphatic heterocycles. The predicted octanol–water partition coefficient (Wildman–Crippen LogP) is 2.92. The van der Waals surface area contributed by atoms with E-state index in [1.807, 2.05) is 41.9 Å². The number of carbonyl (C=O) groups excluding carboxylic acids is 1. The van der Waals surface area contributed by atoms with Gasteiger partial charge in [-0.15, -0.1) is 0 Å². The van der Waals surface area contributed by atoms with E-state index >= 15 is 0 Å². The van der Waals surface area contributed by atoms with E-state index in [4.69, 9.17) is 14.2 Å². The quantitative estimate of drug-likeness (QED) is 0.697. The van der Waals surface area contributed by atoms with Crippen molar-refractivity contribution in [3.63, 3.8) is 0 Å².